The number of aliphatic hydroxyl groups excluding tert-OH is 4. The number of carbonyl (C=O) groups excluding carboxylic acids is 1. The Kier molecular flexibility index (Phi) is 6.68. The first kappa shape index (κ1) is 23.3. The fourth-order valence-corrected chi connectivity index (χ4v) is 4.24. The molecule has 1 aromatic rings. The van der Waals surface area contributed by atoms with Gasteiger partial charge in [-0.2, -0.15) is 0 Å². The average molecular weight is 445 g/mol. The van der Waals surface area contributed by atoms with E-state index in [1.807, 2.05) is 0 Å². The second-order valence-corrected chi connectivity index (χ2v) is 8.89. The van der Waals surface area contributed by atoms with Crippen molar-refractivity contribution >= 4 is 16.9 Å². The molecule has 0 unspecified atom stereocenters. The minimum Gasteiger partial charge on any atom is -0.507 e. The number of phenolic OH excluding ortho intramolecular Hbond substituents is 1. The summed E-state index contributed by atoms with van der Waals surface area (Å²) in [6.07, 6.45) is -5.66. The molecule has 2 aliphatic heterocycles. The molecule has 6 atom stereocenters. The monoisotopic (exact) mass is 444 g/mol. The predicted octanol–water partition coefficient (Wildman–Crippen LogP) is 0.102. The van der Waals surface area contributed by atoms with Crippen molar-refractivity contribution in [3.63, 3.8) is 0 Å². The summed E-state index contributed by atoms with van der Waals surface area (Å²) in [6.45, 7) is 4.55. The highest BCUT2D eigenvalue weighted by Gasteiger charge is 2.48. The molecule has 1 fully saturated rings. The smallest absolute Gasteiger partial charge is 0.223 e. The molecule has 10 heteroatoms. The Hall–Kier alpha value is -1.40. The zero-order chi connectivity index (χ0) is 22.4. The number of thioether (sulfide) groups is 1. The third-order valence-corrected chi connectivity index (χ3v) is 6.23. The first-order chi connectivity index (χ1) is 14.0. The molecule has 9 nitrogen and oxygen atoms in total. The summed E-state index contributed by atoms with van der Waals surface area (Å²) in [5.74, 6) is 0.327. The predicted molar refractivity (Wildman–Crippen MR) is 108 cm³/mol. The van der Waals surface area contributed by atoms with Crippen molar-refractivity contribution in [2.45, 2.75) is 69.6 Å². The van der Waals surface area contributed by atoms with E-state index in [2.05, 4.69) is 0 Å². The van der Waals surface area contributed by atoms with Crippen LogP contribution in [0.3, 0.4) is 0 Å². The zero-order valence-corrected chi connectivity index (χ0v) is 18.0. The molecule has 0 aliphatic carbocycles. The SMILES string of the molecule is CSC(=O)c1c(C)cc2c(c1O)C[C@H](C(C)(C)O[C@H]1O[C@H](CO)[C@@H](O)[C@H](O)[C@H]1O)O2. The molecule has 0 aromatic heterocycles. The molecule has 0 amide bonds. The quantitative estimate of drug-likeness (QED) is 0.424. The first-order valence-electron chi connectivity index (χ1n) is 9.60. The number of benzene rings is 1. The van der Waals surface area contributed by atoms with E-state index in [9.17, 15) is 30.3 Å². The van der Waals surface area contributed by atoms with Gasteiger partial charge in [0.05, 0.1) is 12.2 Å². The van der Waals surface area contributed by atoms with Crippen molar-refractivity contribution in [1.82, 2.24) is 0 Å². The van der Waals surface area contributed by atoms with Gasteiger partial charge in [-0.3, -0.25) is 4.79 Å². The van der Waals surface area contributed by atoms with Crippen LogP contribution in [-0.4, -0.2) is 85.9 Å². The number of aliphatic hydroxyl groups is 4. The summed E-state index contributed by atoms with van der Waals surface area (Å²) >= 11 is 1.01. The molecule has 3 rings (SSSR count). The summed E-state index contributed by atoms with van der Waals surface area (Å²) in [6, 6.07) is 1.70. The molecular weight excluding hydrogens is 416 g/mol. The first-order valence-corrected chi connectivity index (χ1v) is 10.8. The van der Waals surface area contributed by atoms with Crippen LogP contribution in [0, 0.1) is 6.92 Å². The lowest BCUT2D eigenvalue weighted by atomic mass is 9.94. The van der Waals surface area contributed by atoms with Crippen LogP contribution in [0.15, 0.2) is 6.07 Å². The third kappa shape index (κ3) is 4.05. The fourth-order valence-electron chi connectivity index (χ4n) is 3.78. The van der Waals surface area contributed by atoms with E-state index in [1.54, 1.807) is 33.1 Å². The Bertz CT molecular complexity index is 810. The van der Waals surface area contributed by atoms with Crippen molar-refractivity contribution in [3.05, 3.63) is 22.8 Å². The lowest BCUT2D eigenvalue weighted by Gasteiger charge is -2.43. The third-order valence-electron chi connectivity index (χ3n) is 5.65. The van der Waals surface area contributed by atoms with Crippen molar-refractivity contribution in [2.24, 2.45) is 0 Å². The number of ether oxygens (including phenoxy) is 3. The van der Waals surface area contributed by atoms with Gasteiger partial charge >= 0.3 is 0 Å². The maximum Gasteiger partial charge on any atom is 0.223 e. The van der Waals surface area contributed by atoms with Gasteiger partial charge in [-0.15, -0.1) is 0 Å². The Labute approximate surface area is 178 Å². The Morgan fingerprint density at radius 1 is 1.27 bits per heavy atom. The van der Waals surface area contributed by atoms with Gasteiger partial charge in [-0.05, 0) is 38.7 Å². The molecule has 168 valence electrons. The number of fused-ring (bicyclic) bond motifs is 1. The van der Waals surface area contributed by atoms with Gasteiger partial charge in [0.1, 0.15) is 47.6 Å². The van der Waals surface area contributed by atoms with E-state index >= 15 is 0 Å². The van der Waals surface area contributed by atoms with Gasteiger partial charge < -0.3 is 39.7 Å². The molecular formula is C20H28O9S. The Morgan fingerprint density at radius 2 is 1.93 bits per heavy atom. The molecule has 0 radical (unpaired) electrons. The molecule has 2 aliphatic rings. The highest BCUT2D eigenvalue weighted by molar-refractivity contribution is 8.13. The van der Waals surface area contributed by atoms with Crippen molar-refractivity contribution in [1.29, 1.82) is 0 Å². The van der Waals surface area contributed by atoms with Gasteiger partial charge in [0.25, 0.3) is 0 Å². The van der Waals surface area contributed by atoms with Gasteiger partial charge in [0.15, 0.2) is 6.29 Å². The summed E-state index contributed by atoms with van der Waals surface area (Å²) < 4.78 is 17.3. The van der Waals surface area contributed by atoms with E-state index < -0.39 is 49.0 Å². The summed E-state index contributed by atoms with van der Waals surface area (Å²) in [5.41, 5.74) is 0.280. The highest BCUT2D eigenvalue weighted by Crippen LogP contribution is 2.44. The van der Waals surface area contributed by atoms with Crippen LogP contribution in [0.5, 0.6) is 11.5 Å². The molecule has 5 N–H and O–H groups in total. The van der Waals surface area contributed by atoms with E-state index in [0.717, 1.165) is 11.8 Å². The minimum atomic E-state index is -1.55. The second-order valence-electron chi connectivity index (χ2n) is 8.11. The lowest BCUT2D eigenvalue weighted by molar-refractivity contribution is -0.329. The van der Waals surface area contributed by atoms with E-state index in [0.29, 0.717) is 16.9 Å². The maximum atomic E-state index is 12.2. The normalized spacial score (nSPS) is 31.3. The van der Waals surface area contributed by atoms with Crippen LogP contribution in [0.2, 0.25) is 0 Å². The van der Waals surface area contributed by atoms with Gasteiger partial charge in [0.2, 0.25) is 5.12 Å². The zero-order valence-electron chi connectivity index (χ0n) is 17.2. The number of aromatic hydroxyl groups is 1. The van der Waals surface area contributed by atoms with Crippen molar-refractivity contribution in [3.8, 4) is 11.5 Å². The van der Waals surface area contributed by atoms with E-state index in [1.165, 1.54) is 0 Å². The number of carbonyl (C=O) groups is 1. The molecule has 1 aromatic carbocycles. The van der Waals surface area contributed by atoms with Crippen LogP contribution in [0.1, 0.15) is 35.3 Å². The molecule has 2 heterocycles. The fraction of sp³-hybridized carbons (Fsp3) is 0.650. The lowest BCUT2D eigenvalue weighted by Crippen LogP contribution is -2.61. The van der Waals surface area contributed by atoms with E-state index in [4.69, 9.17) is 14.2 Å². The number of hydrogen-bond acceptors (Lipinski definition) is 10. The van der Waals surface area contributed by atoms with Gasteiger partial charge in [-0.1, -0.05) is 11.8 Å². The van der Waals surface area contributed by atoms with Crippen LogP contribution >= 0.6 is 11.8 Å². The Balaban J connectivity index is 1.80. The molecule has 30 heavy (non-hydrogen) atoms. The highest BCUT2D eigenvalue weighted by atomic mass is 32.2. The van der Waals surface area contributed by atoms with Crippen molar-refractivity contribution < 1.29 is 44.5 Å². The van der Waals surface area contributed by atoms with Gasteiger partial charge in [0, 0.05) is 12.0 Å². The van der Waals surface area contributed by atoms with Crippen molar-refractivity contribution in [2.75, 3.05) is 12.9 Å². The minimum absolute atomic E-state index is 0.115. The molecule has 0 spiro atoms. The molecule has 0 bridgehead atoms. The average Bonchev–Trinajstić information content (AvgIpc) is 3.13. The summed E-state index contributed by atoms with van der Waals surface area (Å²) in [7, 11) is 0. The topological polar surface area (TPSA) is 146 Å². The number of phenols is 1. The van der Waals surface area contributed by atoms with Crippen LogP contribution in [0.4, 0.5) is 0 Å². The number of aryl methyl sites for hydroxylation is 1. The number of rotatable bonds is 5. The molecule has 0 saturated carbocycles. The van der Waals surface area contributed by atoms with E-state index in [-0.39, 0.29) is 22.8 Å². The van der Waals surface area contributed by atoms with Crippen LogP contribution in [-0.2, 0) is 15.9 Å². The van der Waals surface area contributed by atoms with Gasteiger partial charge in [-0.25, -0.2) is 0 Å². The summed E-state index contributed by atoms with van der Waals surface area (Å²) in [5, 5.41) is 49.9. The Morgan fingerprint density at radius 3 is 2.53 bits per heavy atom. The second kappa shape index (κ2) is 8.62. The van der Waals surface area contributed by atoms with Crippen LogP contribution in [0.25, 0.3) is 0 Å². The molecule has 1 saturated heterocycles. The maximum absolute atomic E-state index is 12.2. The standard InChI is InChI=1S/C20H28O9S/c1-8-5-10-9(14(22)13(8)18(26)30-4)6-12(27-10)20(2,3)29-19-17(25)16(24)15(23)11(7-21)28-19/h5,11-12,15-17,19,21-25H,6-7H2,1-4H3/t11-,12-,15-,16+,17-,19-/m1/s1. The van der Waals surface area contributed by atoms with Crippen LogP contribution < -0.4 is 4.74 Å². The summed E-state index contributed by atoms with van der Waals surface area (Å²) in [4.78, 5) is 12.2. The largest absolute Gasteiger partial charge is 0.507 e. The number of hydrogen-bond donors (Lipinski definition) is 5.